The largest absolute Gasteiger partial charge is 0.338 e. The van der Waals surface area contributed by atoms with Crippen molar-refractivity contribution < 1.29 is 4.79 Å². The minimum Gasteiger partial charge on any atom is -0.338 e. The van der Waals surface area contributed by atoms with Gasteiger partial charge in [0.05, 0.1) is 0 Å². The second-order valence-electron chi connectivity index (χ2n) is 8.03. The molecule has 1 fully saturated rings. The third-order valence-electron chi connectivity index (χ3n) is 5.99. The van der Waals surface area contributed by atoms with Gasteiger partial charge in [-0.1, -0.05) is 41.4 Å². The number of carbonyl (C=O) groups excluding carboxylic acids is 1. The van der Waals surface area contributed by atoms with Crippen molar-refractivity contribution in [2.75, 3.05) is 13.1 Å². The van der Waals surface area contributed by atoms with Crippen molar-refractivity contribution in [3.63, 3.8) is 0 Å². The number of hydrogen-bond acceptors (Lipinski definition) is 4. The maximum Gasteiger partial charge on any atom is 0.253 e. The van der Waals surface area contributed by atoms with E-state index in [9.17, 15) is 4.79 Å². The van der Waals surface area contributed by atoms with Gasteiger partial charge in [0.15, 0.2) is 0 Å². The zero-order chi connectivity index (χ0) is 22.8. The van der Waals surface area contributed by atoms with E-state index in [4.69, 9.17) is 23.2 Å². The number of carbonyl (C=O) groups is 1. The van der Waals surface area contributed by atoms with Gasteiger partial charge in [0.2, 0.25) is 0 Å². The van der Waals surface area contributed by atoms with Crippen molar-refractivity contribution >= 4 is 29.1 Å². The highest BCUT2D eigenvalue weighted by atomic mass is 35.5. The predicted molar refractivity (Wildman–Crippen MR) is 130 cm³/mol. The lowest BCUT2D eigenvalue weighted by molar-refractivity contribution is 0.0791. The van der Waals surface area contributed by atoms with E-state index >= 15 is 0 Å². The molecule has 1 aliphatic heterocycles. The second kappa shape index (κ2) is 9.30. The molecule has 0 radical (unpaired) electrons. The highest BCUT2D eigenvalue weighted by Crippen LogP contribution is 2.38. The molecule has 2 aromatic heterocycles. The Morgan fingerprint density at radius 2 is 1.73 bits per heavy atom. The molecule has 1 atom stereocenters. The van der Waals surface area contributed by atoms with Crippen molar-refractivity contribution in [2.24, 2.45) is 0 Å². The van der Waals surface area contributed by atoms with E-state index in [2.05, 4.69) is 21.0 Å². The topological polar surface area (TPSA) is 59.0 Å². The third kappa shape index (κ3) is 4.47. The van der Waals surface area contributed by atoms with Gasteiger partial charge in [0, 0.05) is 70.5 Å². The quantitative estimate of drug-likeness (QED) is 0.356. The second-order valence-corrected chi connectivity index (χ2v) is 8.88. The van der Waals surface area contributed by atoms with Crippen LogP contribution in [0.1, 0.15) is 28.3 Å². The van der Waals surface area contributed by atoms with E-state index in [0.717, 1.165) is 28.7 Å². The van der Waals surface area contributed by atoms with Crippen LogP contribution < -0.4 is 0 Å². The summed E-state index contributed by atoms with van der Waals surface area (Å²) in [7, 11) is 0. The maximum atomic E-state index is 13.4. The highest BCUT2D eigenvalue weighted by molar-refractivity contribution is 6.36. The molecule has 1 saturated heterocycles. The van der Waals surface area contributed by atoms with Gasteiger partial charge in [-0.05, 0) is 53.4 Å². The molecule has 164 valence electrons. The number of halogens is 2. The highest BCUT2D eigenvalue weighted by Gasteiger charge is 2.28. The molecule has 0 saturated carbocycles. The first-order valence-electron chi connectivity index (χ1n) is 10.6. The van der Waals surface area contributed by atoms with E-state index in [1.165, 1.54) is 11.9 Å². The summed E-state index contributed by atoms with van der Waals surface area (Å²) in [5.74, 6) is 0.310. The van der Waals surface area contributed by atoms with Crippen LogP contribution in [0.3, 0.4) is 0 Å². The summed E-state index contributed by atoms with van der Waals surface area (Å²) in [5, 5.41) is 1.11. The van der Waals surface area contributed by atoms with Crippen LogP contribution in [0.2, 0.25) is 10.0 Å². The van der Waals surface area contributed by atoms with Gasteiger partial charge < -0.3 is 4.90 Å². The molecular weight excluding hydrogens is 455 g/mol. The van der Waals surface area contributed by atoms with Crippen LogP contribution in [0.4, 0.5) is 0 Å². The van der Waals surface area contributed by atoms with Crippen molar-refractivity contribution in [1.29, 1.82) is 0 Å². The number of hydrogen-bond donors (Lipinski definition) is 0. The number of nitrogens with zero attached hydrogens (tertiary/aromatic N) is 4. The number of likely N-dealkylation sites (tertiary alicyclic amines) is 1. The van der Waals surface area contributed by atoms with E-state index < -0.39 is 0 Å². The minimum absolute atomic E-state index is 0.00763. The molecule has 0 bridgehead atoms. The Labute approximate surface area is 202 Å². The van der Waals surface area contributed by atoms with E-state index in [0.29, 0.717) is 34.6 Å². The Morgan fingerprint density at radius 3 is 2.48 bits per heavy atom. The average molecular weight is 475 g/mol. The molecule has 5 nitrogen and oxygen atoms in total. The standard InChI is InChI=1S/C26H20Cl2N4O/c27-21-4-6-23(25(28)11-21)22-5-3-17(10-24(22)20-13-30-16-31-14-20)26(33)32-9-7-19(15-32)18-2-1-8-29-12-18/h1-6,8,10-14,16,19H,7,9,15H2. The fraction of sp³-hybridized carbons (Fsp3) is 0.154. The normalized spacial score (nSPS) is 15.6. The maximum absolute atomic E-state index is 13.4. The minimum atomic E-state index is 0.00763. The Balaban J connectivity index is 1.50. The molecule has 1 unspecified atom stereocenters. The number of pyridine rings is 1. The molecule has 1 amide bonds. The first kappa shape index (κ1) is 21.6. The molecule has 0 N–H and O–H groups in total. The molecule has 33 heavy (non-hydrogen) atoms. The number of benzene rings is 2. The van der Waals surface area contributed by atoms with Gasteiger partial charge in [0.1, 0.15) is 6.33 Å². The number of amides is 1. The van der Waals surface area contributed by atoms with E-state index in [1.54, 1.807) is 30.7 Å². The van der Waals surface area contributed by atoms with Crippen LogP contribution in [0, 0.1) is 0 Å². The smallest absolute Gasteiger partial charge is 0.253 e. The SMILES string of the molecule is O=C(c1ccc(-c2ccc(Cl)cc2Cl)c(-c2cncnc2)c1)N1CCC(c2cccnc2)C1. The Hall–Kier alpha value is -3.28. The fourth-order valence-corrected chi connectivity index (χ4v) is 4.82. The molecule has 7 heteroatoms. The van der Waals surface area contributed by atoms with Gasteiger partial charge in [0.25, 0.3) is 5.91 Å². The average Bonchev–Trinajstić information content (AvgIpc) is 3.35. The predicted octanol–water partition coefficient (Wildman–Crippen LogP) is 6.14. The summed E-state index contributed by atoms with van der Waals surface area (Å²) in [6.45, 7) is 1.39. The zero-order valence-electron chi connectivity index (χ0n) is 17.7. The monoisotopic (exact) mass is 474 g/mol. The molecule has 0 aliphatic carbocycles. The van der Waals surface area contributed by atoms with Crippen molar-refractivity contribution in [2.45, 2.75) is 12.3 Å². The lowest BCUT2D eigenvalue weighted by Gasteiger charge is -2.19. The van der Waals surface area contributed by atoms with Crippen LogP contribution in [-0.4, -0.2) is 38.8 Å². The summed E-state index contributed by atoms with van der Waals surface area (Å²) in [4.78, 5) is 27.9. The first-order valence-corrected chi connectivity index (χ1v) is 11.4. The van der Waals surface area contributed by atoms with Gasteiger partial charge in [-0.2, -0.15) is 0 Å². The summed E-state index contributed by atoms with van der Waals surface area (Å²) in [5.41, 5.74) is 5.16. The lowest BCUT2D eigenvalue weighted by Crippen LogP contribution is -2.28. The van der Waals surface area contributed by atoms with Gasteiger partial charge in [-0.15, -0.1) is 0 Å². The van der Waals surface area contributed by atoms with Crippen LogP contribution in [0.5, 0.6) is 0 Å². The van der Waals surface area contributed by atoms with Gasteiger partial charge >= 0.3 is 0 Å². The van der Waals surface area contributed by atoms with Gasteiger partial charge in [-0.25, -0.2) is 9.97 Å². The molecule has 1 aliphatic rings. The molecule has 3 heterocycles. The lowest BCUT2D eigenvalue weighted by atomic mass is 9.93. The van der Waals surface area contributed by atoms with Crippen LogP contribution in [-0.2, 0) is 0 Å². The molecule has 0 spiro atoms. The van der Waals surface area contributed by atoms with Crippen LogP contribution in [0.15, 0.2) is 79.6 Å². The zero-order valence-corrected chi connectivity index (χ0v) is 19.2. The van der Waals surface area contributed by atoms with Crippen molar-refractivity contribution in [3.8, 4) is 22.3 Å². The van der Waals surface area contributed by atoms with Crippen LogP contribution >= 0.6 is 23.2 Å². The first-order chi connectivity index (χ1) is 16.1. The molecule has 2 aromatic carbocycles. The molecular formula is C26H20Cl2N4O. The number of rotatable bonds is 4. The summed E-state index contributed by atoms with van der Waals surface area (Å²) < 4.78 is 0. The summed E-state index contributed by atoms with van der Waals surface area (Å²) in [6, 6.07) is 15.1. The number of aromatic nitrogens is 3. The summed E-state index contributed by atoms with van der Waals surface area (Å²) in [6.07, 6.45) is 9.53. The van der Waals surface area contributed by atoms with E-state index in [-0.39, 0.29) is 5.91 Å². The summed E-state index contributed by atoms with van der Waals surface area (Å²) >= 11 is 12.6. The van der Waals surface area contributed by atoms with E-state index in [1.807, 2.05) is 41.4 Å². The third-order valence-corrected chi connectivity index (χ3v) is 6.54. The van der Waals surface area contributed by atoms with Crippen molar-refractivity contribution in [3.05, 3.63) is 101 Å². The fourth-order valence-electron chi connectivity index (χ4n) is 4.31. The van der Waals surface area contributed by atoms with Gasteiger partial charge in [-0.3, -0.25) is 9.78 Å². The Morgan fingerprint density at radius 1 is 0.909 bits per heavy atom. The Bertz CT molecular complexity index is 1300. The van der Waals surface area contributed by atoms with Crippen LogP contribution in [0.25, 0.3) is 22.3 Å². The molecule has 5 rings (SSSR count). The van der Waals surface area contributed by atoms with Crippen molar-refractivity contribution in [1.82, 2.24) is 19.9 Å². The Kier molecular flexibility index (Phi) is 6.07. The molecule has 4 aromatic rings.